The maximum Gasteiger partial charge on any atom is 0.262 e. The lowest BCUT2D eigenvalue weighted by atomic mass is 10.1. The lowest BCUT2D eigenvalue weighted by molar-refractivity contribution is 0.101. The van der Waals surface area contributed by atoms with Crippen LogP contribution in [0.5, 0.6) is 0 Å². The van der Waals surface area contributed by atoms with E-state index in [1.165, 1.54) is 12.4 Å². The van der Waals surface area contributed by atoms with E-state index in [4.69, 9.17) is 11.6 Å². The van der Waals surface area contributed by atoms with Gasteiger partial charge >= 0.3 is 0 Å². The van der Waals surface area contributed by atoms with E-state index in [1.54, 1.807) is 6.07 Å². The first-order chi connectivity index (χ1) is 12.0. The second-order valence-electron chi connectivity index (χ2n) is 5.20. The molecule has 0 aliphatic heterocycles. The molecule has 0 saturated heterocycles. The topological polar surface area (TPSA) is 67.8 Å². The van der Waals surface area contributed by atoms with Crippen molar-refractivity contribution in [3.05, 3.63) is 70.8 Å². The molecule has 2 heterocycles. The van der Waals surface area contributed by atoms with Gasteiger partial charge in [0.1, 0.15) is 5.56 Å². The largest absolute Gasteiger partial charge is 0.305 e. The van der Waals surface area contributed by atoms with Crippen LogP contribution in [0.25, 0.3) is 11.3 Å². The Balaban J connectivity index is 1.84. The number of nitrogens with one attached hydrogen (secondary N) is 1. The summed E-state index contributed by atoms with van der Waals surface area (Å²) >= 11 is 6.14. The van der Waals surface area contributed by atoms with E-state index in [0.717, 1.165) is 18.0 Å². The zero-order valence-corrected chi connectivity index (χ0v) is 13.7. The van der Waals surface area contributed by atoms with Gasteiger partial charge in [0, 0.05) is 5.56 Å². The molecule has 0 unspecified atom stereocenters. The molecule has 3 rings (SSSR count). The van der Waals surface area contributed by atoms with Crippen LogP contribution >= 0.6 is 11.6 Å². The van der Waals surface area contributed by atoms with E-state index in [9.17, 15) is 13.6 Å². The highest BCUT2D eigenvalue weighted by Gasteiger charge is 2.18. The minimum Gasteiger partial charge on any atom is -0.305 e. The number of carbonyl (C=O) groups is 1. The molecule has 1 amide bonds. The van der Waals surface area contributed by atoms with Gasteiger partial charge in [-0.1, -0.05) is 23.2 Å². The lowest BCUT2D eigenvalue weighted by Gasteiger charge is -2.08. The van der Waals surface area contributed by atoms with E-state index in [2.05, 4.69) is 20.3 Å². The Hall–Kier alpha value is -2.93. The molecule has 126 valence electrons. The van der Waals surface area contributed by atoms with Gasteiger partial charge in [0.15, 0.2) is 17.5 Å². The molecule has 0 bridgehead atoms. The highest BCUT2D eigenvalue weighted by Crippen LogP contribution is 2.27. The minimum atomic E-state index is -1.06. The molecular weight excluding hydrogens is 350 g/mol. The minimum absolute atomic E-state index is 0.0492. The van der Waals surface area contributed by atoms with Crippen molar-refractivity contribution in [1.82, 2.24) is 15.0 Å². The zero-order chi connectivity index (χ0) is 18.0. The molecule has 1 N–H and O–H groups in total. The van der Waals surface area contributed by atoms with Crippen LogP contribution in [-0.2, 0) is 0 Å². The van der Waals surface area contributed by atoms with E-state index >= 15 is 0 Å². The van der Waals surface area contributed by atoms with Crippen molar-refractivity contribution in [2.24, 2.45) is 0 Å². The number of amides is 1. The van der Waals surface area contributed by atoms with Gasteiger partial charge in [-0.2, -0.15) is 0 Å². The van der Waals surface area contributed by atoms with Crippen molar-refractivity contribution >= 4 is 23.3 Å². The molecule has 5 nitrogen and oxygen atoms in total. The van der Waals surface area contributed by atoms with Crippen molar-refractivity contribution < 1.29 is 13.6 Å². The van der Waals surface area contributed by atoms with E-state index in [1.807, 2.05) is 19.1 Å². The Morgan fingerprint density at radius 3 is 2.44 bits per heavy atom. The summed E-state index contributed by atoms with van der Waals surface area (Å²) < 4.78 is 27.1. The third-order valence-electron chi connectivity index (χ3n) is 3.37. The van der Waals surface area contributed by atoms with Crippen LogP contribution in [0, 0.1) is 18.6 Å². The Kier molecular flexibility index (Phi) is 4.67. The molecule has 0 spiro atoms. The number of aryl methyl sites for hydroxylation is 1. The first-order valence-electron chi connectivity index (χ1n) is 7.14. The second kappa shape index (κ2) is 6.90. The third kappa shape index (κ3) is 3.61. The predicted octanol–water partition coefficient (Wildman–Crippen LogP) is 4.03. The van der Waals surface area contributed by atoms with Crippen molar-refractivity contribution in [1.29, 1.82) is 0 Å². The maximum atomic E-state index is 13.6. The van der Waals surface area contributed by atoms with Crippen LogP contribution in [0.3, 0.4) is 0 Å². The van der Waals surface area contributed by atoms with Gasteiger partial charge in [-0.3, -0.25) is 14.8 Å². The average Bonchev–Trinajstić information content (AvgIpc) is 2.58. The second-order valence-corrected chi connectivity index (χ2v) is 5.61. The van der Waals surface area contributed by atoms with Crippen LogP contribution in [0.2, 0.25) is 5.02 Å². The summed E-state index contributed by atoms with van der Waals surface area (Å²) in [5, 5.41) is 2.80. The number of aromatic nitrogens is 3. The number of pyridine rings is 1. The molecule has 0 aliphatic rings. The molecule has 0 saturated carbocycles. The number of benzene rings is 1. The van der Waals surface area contributed by atoms with Crippen LogP contribution in [0.1, 0.15) is 15.9 Å². The third-order valence-corrected chi connectivity index (χ3v) is 3.70. The van der Waals surface area contributed by atoms with Crippen LogP contribution < -0.4 is 5.32 Å². The summed E-state index contributed by atoms with van der Waals surface area (Å²) in [6, 6.07) is 5.47. The first kappa shape index (κ1) is 16.9. The van der Waals surface area contributed by atoms with Crippen molar-refractivity contribution in [3.63, 3.8) is 0 Å². The van der Waals surface area contributed by atoms with Gasteiger partial charge in [-0.15, -0.1) is 0 Å². The molecular formula is C17H11ClF2N4O. The van der Waals surface area contributed by atoms with Crippen LogP contribution in [-0.4, -0.2) is 20.9 Å². The fourth-order valence-corrected chi connectivity index (χ4v) is 2.39. The molecule has 0 atom stereocenters. The molecule has 25 heavy (non-hydrogen) atoms. The average molecular weight is 361 g/mol. The number of anilines is 1. The van der Waals surface area contributed by atoms with Gasteiger partial charge in [-0.25, -0.2) is 13.8 Å². The molecule has 3 aromatic rings. The first-order valence-corrected chi connectivity index (χ1v) is 7.52. The molecule has 0 aliphatic carbocycles. The van der Waals surface area contributed by atoms with E-state index in [0.29, 0.717) is 16.3 Å². The van der Waals surface area contributed by atoms with Gasteiger partial charge < -0.3 is 5.32 Å². The number of carbonyl (C=O) groups excluding carboxylic acids is 1. The van der Waals surface area contributed by atoms with Gasteiger partial charge in [0.05, 0.1) is 35.5 Å². The summed E-state index contributed by atoms with van der Waals surface area (Å²) in [6.07, 6.45) is 4.21. The molecule has 1 aromatic carbocycles. The van der Waals surface area contributed by atoms with Gasteiger partial charge in [-0.05, 0) is 19.1 Å². The fraction of sp³-hybridized carbons (Fsp3) is 0.0588. The van der Waals surface area contributed by atoms with E-state index in [-0.39, 0.29) is 5.82 Å². The summed E-state index contributed by atoms with van der Waals surface area (Å²) in [4.78, 5) is 23.5. The Morgan fingerprint density at radius 1 is 1.08 bits per heavy atom. The fourth-order valence-electron chi connectivity index (χ4n) is 2.17. The Labute approximate surface area is 146 Å². The smallest absolute Gasteiger partial charge is 0.262 e. The zero-order valence-electron chi connectivity index (χ0n) is 12.9. The van der Waals surface area contributed by atoms with Gasteiger partial charge in [0.2, 0.25) is 0 Å². The molecule has 0 radical (unpaired) electrons. The monoisotopic (exact) mass is 360 g/mol. The predicted molar refractivity (Wildman–Crippen MR) is 89.3 cm³/mol. The lowest BCUT2D eigenvalue weighted by Crippen LogP contribution is -2.17. The molecule has 0 fully saturated rings. The molecule has 8 heteroatoms. The summed E-state index contributed by atoms with van der Waals surface area (Å²) in [5.74, 6) is -3.05. The molecule has 2 aromatic heterocycles. The van der Waals surface area contributed by atoms with Gasteiger partial charge in [0.25, 0.3) is 5.91 Å². The number of nitrogens with zero attached hydrogens (tertiary/aromatic N) is 3. The SMILES string of the molecule is Cc1ccc(Cl)c(-c2cnc(NC(=O)c3c(F)cncc3F)cn2)c1. The number of halogens is 3. The highest BCUT2D eigenvalue weighted by molar-refractivity contribution is 6.33. The normalized spacial score (nSPS) is 10.6. The number of hydrogen-bond donors (Lipinski definition) is 1. The van der Waals surface area contributed by atoms with Crippen molar-refractivity contribution in [2.45, 2.75) is 6.92 Å². The number of rotatable bonds is 3. The summed E-state index contributed by atoms with van der Waals surface area (Å²) in [5.41, 5.74) is 1.47. The Bertz CT molecular complexity index is 928. The van der Waals surface area contributed by atoms with Crippen molar-refractivity contribution in [3.8, 4) is 11.3 Å². The maximum absolute atomic E-state index is 13.6. The van der Waals surface area contributed by atoms with Crippen LogP contribution in [0.4, 0.5) is 14.6 Å². The van der Waals surface area contributed by atoms with Crippen LogP contribution in [0.15, 0.2) is 43.0 Å². The summed E-state index contributed by atoms with van der Waals surface area (Å²) in [7, 11) is 0. The standard InChI is InChI=1S/C17H11ClF2N4O/c1-9-2-3-11(18)10(4-9)14-7-23-15(8-22-14)24-17(25)16-12(19)5-21-6-13(16)20/h2-8H,1H3,(H,23,24,25). The summed E-state index contributed by atoms with van der Waals surface area (Å²) in [6.45, 7) is 1.92. The van der Waals surface area contributed by atoms with Crippen molar-refractivity contribution in [2.75, 3.05) is 5.32 Å². The van der Waals surface area contributed by atoms with E-state index < -0.39 is 23.1 Å². The quantitative estimate of drug-likeness (QED) is 0.765. The Morgan fingerprint density at radius 2 is 1.80 bits per heavy atom. The highest BCUT2D eigenvalue weighted by atomic mass is 35.5. The number of hydrogen-bond acceptors (Lipinski definition) is 4.